The maximum absolute atomic E-state index is 13.0. The van der Waals surface area contributed by atoms with Crippen molar-refractivity contribution in [2.45, 2.75) is 40.2 Å². The predicted molar refractivity (Wildman–Crippen MR) is 105 cm³/mol. The lowest BCUT2D eigenvalue weighted by molar-refractivity contribution is -0.150. The third-order valence-electron chi connectivity index (χ3n) is 5.31. The molecule has 1 N–H and O–H groups in total. The van der Waals surface area contributed by atoms with Gasteiger partial charge in [-0.2, -0.15) is 0 Å². The number of piperidine rings is 1. The number of nitrogens with zero attached hydrogens (tertiary/aromatic N) is 2. The number of hydrogen-bond donors (Lipinski definition) is 1. The van der Waals surface area contributed by atoms with Crippen LogP contribution in [0.5, 0.6) is 5.75 Å². The van der Waals surface area contributed by atoms with E-state index in [1.54, 1.807) is 24.2 Å². The Kier molecular flexibility index (Phi) is 5.68. The van der Waals surface area contributed by atoms with Gasteiger partial charge in [0, 0.05) is 36.6 Å². The van der Waals surface area contributed by atoms with Gasteiger partial charge in [-0.25, -0.2) is 0 Å². The Hall–Kier alpha value is -2.89. The zero-order chi connectivity index (χ0) is 20.3. The lowest BCUT2D eigenvalue weighted by Gasteiger charge is -2.37. The second-order valence-electron chi connectivity index (χ2n) is 7.79. The van der Waals surface area contributed by atoms with Crippen LogP contribution in [0.3, 0.4) is 0 Å². The summed E-state index contributed by atoms with van der Waals surface area (Å²) >= 11 is 0. The van der Waals surface area contributed by atoms with Crippen LogP contribution in [0.1, 0.15) is 46.8 Å². The molecule has 2 aromatic rings. The maximum atomic E-state index is 13.0. The fraction of sp³-hybridized carbons (Fsp3) is 0.409. The lowest BCUT2D eigenvalue weighted by Crippen LogP contribution is -2.48. The number of benzene rings is 1. The molecule has 1 unspecified atom stereocenters. The molecule has 1 aliphatic heterocycles. The topological polar surface area (TPSA) is 79.7 Å². The molecule has 1 fully saturated rings. The number of aromatic nitrogens is 1. The average Bonchev–Trinajstić information content (AvgIpc) is 2.67. The van der Waals surface area contributed by atoms with E-state index in [-0.39, 0.29) is 12.5 Å². The van der Waals surface area contributed by atoms with E-state index in [2.05, 4.69) is 4.98 Å². The average molecular weight is 382 g/mol. The van der Waals surface area contributed by atoms with Crippen molar-refractivity contribution in [3.05, 3.63) is 58.9 Å². The van der Waals surface area contributed by atoms with Crippen molar-refractivity contribution in [1.82, 2.24) is 9.88 Å². The number of carboxylic acid groups (broad SMARTS) is 1. The van der Waals surface area contributed by atoms with Gasteiger partial charge in [0.1, 0.15) is 12.4 Å². The zero-order valence-electron chi connectivity index (χ0n) is 16.6. The lowest BCUT2D eigenvalue weighted by atomic mass is 9.82. The van der Waals surface area contributed by atoms with Crippen molar-refractivity contribution in [2.75, 3.05) is 13.1 Å². The third kappa shape index (κ3) is 4.16. The van der Waals surface area contributed by atoms with Crippen LogP contribution in [0.4, 0.5) is 0 Å². The largest absolute Gasteiger partial charge is 0.488 e. The van der Waals surface area contributed by atoms with Crippen molar-refractivity contribution < 1.29 is 19.4 Å². The molecule has 1 amide bonds. The Morgan fingerprint density at radius 1 is 1.29 bits per heavy atom. The summed E-state index contributed by atoms with van der Waals surface area (Å²) in [7, 11) is 0. The van der Waals surface area contributed by atoms with Gasteiger partial charge >= 0.3 is 5.97 Å². The fourth-order valence-corrected chi connectivity index (χ4v) is 3.71. The molecule has 1 aromatic carbocycles. The number of hydrogen-bond acceptors (Lipinski definition) is 4. The zero-order valence-corrected chi connectivity index (χ0v) is 16.6. The molecule has 0 spiro atoms. The second kappa shape index (κ2) is 8.00. The summed E-state index contributed by atoms with van der Waals surface area (Å²) < 4.78 is 5.96. The highest BCUT2D eigenvalue weighted by molar-refractivity contribution is 5.95. The van der Waals surface area contributed by atoms with E-state index in [9.17, 15) is 14.7 Å². The summed E-state index contributed by atoms with van der Waals surface area (Å²) in [5.41, 5.74) is 2.42. The highest BCUT2D eigenvalue weighted by Crippen LogP contribution is 2.32. The molecule has 1 aromatic heterocycles. The number of aliphatic carboxylic acids is 1. The molecule has 6 heteroatoms. The molecule has 1 aliphatic rings. The number of ether oxygens (including phenoxy) is 1. The SMILES string of the molecule is Cc1cc(C(=O)N2CCCC(C)(C(=O)O)C2)cc(C)c1OCc1cccnc1. The number of likely N-dealkylation sites (tertiary alicyclic amines) is 1. The van der Waals surface area contributed by atoms with Crippen molar-refractivity contribution in [3.8, 4) is 5.75 Å². The molecule has 0 saturated carbocycles. The highest BCUT2D eigenvalue weighted by Gasteiger charge is 2.39. The van der Waals surface area contributed by atoms with E-state index >= 15 is 0 Å². The fourth-order valence-electron chi connectivity index (χ4n) is 3.71. The monoisotopic (exact) mass is 382 g/mol. The van der Waals surface area contributed by atoms with Crippen molar-refractivity contribution in [3.63, 3.8) is 0 Å². The van der Waals surface area contributed by atoms with Crippen LogP contribution in [0.25, 0.3) is 0 Å². The van der Waals surface area contributed by atoms with Crippen LogP contribution in [0.15, 0.2) is 36.7 Å². The summed E-state index contributed by atoms with van der Waals surface area (Å²) in [5.74, 6) is -0.219. The minimum absolute atomic E-state index is 0.128. The number of aryl methyl sites for hydroxylation is 2. The van der Waals surface area contributed by atoms with Crippen LogP contribution in [-0.2, 0) is 11.4 Å². The summed E-state index contributed by atoms with van der Waals surface area (Å²) in [6, 6.07) is 7.45. The minimum atomic E-state index is -0.884. The first kappa shape index (κ1) is 19.9. The predicted octanol–water partition coefficient (Wildman–Crippen LogP) is 3.60. The van der Waals surface area contributed by atoms with E-state index in [4.69, 9.17) is 4.74 Å². The summed E-state index contributed by atoms with van der Waals surface area (Å²) in [6.45, 7) is 6.77. The van der Waals surface area contributed by atoms with E-state index in [0.29, 0.717) is 31.6 Å². The number of amides is 1. The Labute approximate surface area is 165 Å². The molecule has 0 bridgehead atoms. The second-order valence-corrected chi connectivity index (χ2v) is 7.79. The molecule has 0 radical (unpaired) electrons. The van der Waals surface area contributed by atoms with Gasteiger partial charge < -0.3 is 14.7 Å². The number of pyridine rings is 1. The molecular formula is C22H26N2O4. The van der Waals surface area contributed by atoms with Gasteiger partial charge in [0.25, 0.3) is 5.91 Å². The number of carbonyl (C=O) groups is 2. The van der Waals surface area contributed by atoms with E-state index in [1.807, 2.05) is 38.1 Å². The molecular weight excluding hydrogens is 356 g/mol. The Bertz CT molecular complexity index is 858. The standard InChI is InChI=1S/C22H26N2O4/c1-15-10-18(20(25)24-9-5-7-22(3,14-24)21(26)27)11-16(2)19(15)28-13-17-6-4-8-23-12-17/h4,6,8,10-12H,5,7,9,13-14H2,1-3H3,(H,26,27). The van der Waals surface area contributed by atoms with Crippen LogP contribution in [0.2, 0.25) is 0 Å². The number of carbonyl (C=O) groups excluding carboxylic acids is 1. The molecule has 1 atom stereocenters. The first-order valence-electron chi connectivity index (χ1n) is 9.46. The Morgan fingerprint density at radius 2 is 2.00 bits per heavy atom. The first-order chi connectivity index (χ1) is 13.3. The minimum Gasteiger partial charge on any atom is -0.488 e. The van der Waals surface area contributed by atoms with Gasteiger partial charge in [0.2, 0.25) is 0 Å². The van der Waals surface area contributed by atoms with Crippen LogP contribution >= 0.6 is 0 Å². The van der Waals surface area contributed by atoms with Gasteiger partial charge in [0.05, 0.1) is 5.41 Å². The Morgan fingerprint density at radius 3 is 2.61 bits per heavy atom. The molecule has 1 saturated heterocycles. The molecule has 3 rings (SSSR count). The summed E-state index contributed by atoms with van der Waals surface area (Å²) in [4.78, 5) is 30.3. The third-order valence-corrected chi connectivity index (χ3v) is 5.31. The van der Waals surface area contributed by atoms with E-state index in [0.717, 1.165) is 22.4 Å². The molecule has 0 aliphatic carbocycles. The number of carboxylic acids is 1. The van der Waals surface area contributed by atoms with Gasteiger partial charge in [-0.15, -0.1) is 0 Å². The van der Waals surface area contributed by atoms with Crippen molar-refractivity contribution >= 4 is 11.9 Å². The molecule has 148 valence electrons. The van der Waals surface area contributed by atoms with Crippen LogP contribution in [0, 0.1) is 19.3 Å². The van der Waals surface area contributed by atoms with Gasteiger partial charge in [-0.3, -0.25) is 14.6 Å². The van der Waals surface area contributed by atoms with Crippen molar-refractivity contribution in [1.29, 1.82) is 0 Å². The number of rotatable bonds is 5. The van der Waals surface area contributed by atoms with Crippen molar-refractivity contribution in [2.24, 2.45) is 5.41 Å². The smallest absolute Gasteiger partial charge is 0.311 e. The first-order valence-corrected chi connectivity index (χ1v) is 9.46. The van der Waals surface area contributed by atoms with Gasteiger partial charge in [-0.1, -0.05) is 6.07 Å². The molecule has 28 heavy (non-hydrogen) atoms. The normalized spacial score (nSPS) is 19.3. The molecule has 2 heterocycles. The van der Waals surface area contributed by atoms with E-state index < -0.39 is 11.4 Å². The van der Waals surface area contributed by atoms with Crippen LogP contribution < -0.4 is 4.74 Å². The van der Waals surface area contributed by atoms with E-state index in [1.165, 1.54) is 0 Å². The molecule has 6 nitrogen and oxygen atoms in total. The summed E-state index contributed by atoms with van der Waals surface area (Å²) in [6.07, 6.45) is 4.76. The highest BCUT2D eigenvalue weighted by atomic mass is 16.5. The van der Waals surface area contributed by atoms with Crippen LogP contribution in [-0.4, -0.2) is 40.0 Å². The quantitative estimate of drug-likeness (QED) is 0.855. The Balaban J connectivity index is 1.76. The van der Waals surface area contributed by atoms with Gasteiger partial charge in [-0.05, 0) is 62.9 Å². The summed E-state index contributed by atoms with van der Waals surface area (Å²) in [5, 5.41) is 9.49. The van der Waals surface area contributed by atoms with Gasteiger partial charge in [0.15, 0.2) is 0 Å². The maximum Gasteiger partial charge on any atom is 0.311 e.